The van der Waals surface area contributed by atoms with Gasteiger partial charge in [-0.25, -0.2) is 4.39 Å². The summed E-state index contributed by atoms with van der Waals surface area (Å²) >= 11 is 0. The Bertz CT molecular complexity index is 491. The Hall–Kier alpha value is -1.53. The molecular weight excluding hydrogens is 263 g/mol. The topological polar surface area (TPSA) is 51.7 Å². The first-order valence-electron chi connectivity index (χ1n) is 6.86. The Morgan fingerprint density at radius 1 is 1.40 bits per heavy atom. The molecule has 2 fully saturated rings. The van der Waals surface area contributed by atoms with Crippen LogP contribution >= 0.6 is 0 Å². The van der Waals surface area contributed by atoms with E-state index in [1.165, 1.54) is 12.3 Å². The van der Waals surface area contributed by atoms with Crippen molar-refractivity contribution in [3.05, 3.63) is 29.8 Å². The highest BCUT2D eigenvalue weighted by Crippen LogP contribution is 2.23. The molecule has 3 rings (SSSR count). The van der Waals surface area contributed by atoms with Crippen LogP contribution in [0.15, 0.2) is 18.5 Å². The van der Waals surface area contributed by atoms with Gasteiger partial charge in [-0.2, -0.15) is 0 Å². The molecule has 0 saturated carbocycles. The third kappa shape index (κ3) is 2.66. The molecule has 0 spiro atoms. The largest absolute Gasteiger partial charge is 0.377 e. The maximum Gasteiger partial charge on any atom is 0.256 e. The molecular formula is C14H17FN2O3. The zero-order valence-electron chi connectivity index (χ0n) is 11.1. The first-order valence-corrected chi connectivity index (χ1v) is 6.86. The van der Waals surface area contributed by atoms with E-state index in [4.69, 9.17) is 9.47 Å². The van der Waals surface area contributed by atoms with Crippen molar-refractivity contribution in [3.63, 3.8) is 0 Å². The third-order valence-corrected chi connectivity index (χ3v) is 3.77. The Morgan fingerprint density at radius 2 is 2.30 bits per heavy atom. The second-order valence-electron chi connectivity index (χ2n) is 5.08. The van der Waals surface area contributed by atoms with Gasteiger partial charge in [0, 0.05) is 19.3 Å². The van der Waals surface area contributed by atoms with Crippen molar-refractivity contribution in [2.45, 2.75) is 25.0 Å². The van der Waals surface area contributed by atoms with E-state index in [2.05, 4.69) is 4.98 Å². The van der Waals surface area contributed by atoms with Gasteiger partial charge in [-0.3, -0.25) is 9.78 Å². The van der Waals surface area contributed by atoms with Crippen LogP contribution in [0.2, 0.25) is 0 Å². The number of aromatic nitrogens is 1. The number of rotatable bonds is 2. The molecule has 0 radical (unpaired) electrons. The molecule has 1 amide bonds. The molecule has 2 saturated heterocycles. The molecule has 3 heterocycles. The number of morpholine rings is 1. The molecule has 0 aromatic carbocycles. The van der Waals surface area contributed by atoms with Crippen molar-refractivity contribution in [1.29, 1.82) is 0 Å². The van der Waals surface area contributed by atoms with Crippen molar-refractivity contribution in [3.8, 4) is 0 Å². The minimum Gasteiger partial charge on any atom is -0.377 e. The molecule has 2 aliphatic heterocycles. The number of nitrogens with zero attached hydrogens (tertiary/aromatic N) is 2. The van der Waals surface area contributed by atoms with E-state index >= 15 is 0 Å². The molecule has 2 aliphatic rings. The molecule has 1 aromatic heterocycles. The molecule has 0 aliphatic carbocycles. The number of carbonyl (C=O) groups is 1. The van der Waals surface area contributed by atoms with E-state index in [1.807, 2.05) is 0 Å². The van der Waals surface area contributed by atoms with Gasteiger partial charge >= 0.3 is 0 Å². The Kier molecular flexibility index (Phi) is 3.93. The average Bonchev–Trinajstić information content (AvgIpc) is 3.00. The van der Waals surface area contributed by atoms with Crippen LogP contribution < -0.4 is 0 Å². The van der Waals surface area contributed by atoms with Crippen LogP contribution in [0.25, 0.3) is 0 Å². The number of carbonyl (C=O) groups excluding carboxylic acids is 1. The van der Waals surface area contributed by atoms with Crippen LogP contribution in [-0.4, -0.2) is 54.3 Å². The van der Waals surface area contributed by atoms with Crippen molar-refractivity contribution in [2.24, 2.45) is 0 Å². The summed E-state index contributed by atoms with van der Waals surface area (Å²) in [6.07, 6.45) is 4.44. The SMILES string of the molecule is O=C(c1cncc(F)c1)N1CCOC[C@@H]1[C@@H]1CCCO1. The van der Waals surface area contributed by atoms with Crippen LogP contribution in [0.3, 0.4) is 0 Å². The second kappa shape index (κ2) is 5.85. The first kappa shape index (κ1) is 13.5. The monoisotopic (exact) mass is 280 g/mol. The van der Waals surface area contributed by atoms with Crippen LogP contribution in [0, 0.1) is 5.82 Å². The van der Waals surface area contributed by atoms with E-state index in [0.29, 0.717) is 19.8 Å². The number of amides is 1. The van der Waals surface area contributed by atoms with Crippen LogP contribution in [-0.2, 0) is 9.47 Å². The van der Waals surface area contributed by atoms with Gasteiger partial charge < -0.3 is 14.4 Å². The summed E-state index contributed by atoms with van der Waals surface area (Å²) in [5.74, 6) is -0.710. The number of hydrogen-bond donors (Lipinski definition) is 0. The molecule has 0 bridgehead atoms. The van der Waals surface area contributed by atoms with Gasteiger partial charge in [-0.1, -0.05) is 0 Å². The zero-order valence-corrected chi connectivity index (χ0v) is 11.1. The van der Waals surface area contributed by atoms with Gasteiger partial charge in [-0.15, -0.1) is 0 Å². The molecule has 2 atom stereocenters. The van der Waals surface area contributed by atoms with Gasteiger partial charge in [0.25, 0.3) is 5.91 Å². The summed E-state index contributed by atoms with van der Waals surface area (Å²) < 4.78 is 24.3. The lowest BCUT2D eigenvalue weighted by Crippen LogP contribution is -2.54. The zero-order chi connectivity index (χ0) is 13.9. The summed E-state index contributed by atoms with van der Waals surface area (Å²) in [4.78, 5) is 18.0. The highest BCUT2D eigenvalue weighted by molar-refractivity contribution is 5.94. The molecule has 108 valence electrons. The van der Waals surface area contributed by atoms with Crippen LogP contribution in [0.4, 0.5) is 4.39 Å². The van der Waals surface area contributed by atoms with Gasteiger partial charge in [0.2, 0.25) is 0 Å². The number of hydrogen-bond acceptors (Lipinski definition) is 4. The van der Waals surface area contributed by atoms with Gasteiger partial charge in [0.1, 0.15) is 5.82 Å². The van der Waals surface area contributed by atoms with E-state index in [-0.39, 0.29) is 23.6 Å². The highest BCUT2D eigenvalue weighted by atomic mass is 19.1. The second-order valence-corrected chi connectivity index (χ2v) is 5.08. The highest BCUT2D eigenvalue weighted by Gasteiger charge is 2.36. The lowest BCUT2D eigenvalue weighted by Gasteiger charge is -2.38. The average molecular weight is 280 g/mol. The fraction of sp³-hybridized carbons (Fsp3) is 0.571. The van der Waals surface area contributed by atoms with Gasteiger partial charge in [0.05, 0.1) is 37.1 Å². The minimum atomic E-state index is -0.502. The quantitative estimate of drug-likeness (QED) is 0.818. The van der Waals surface area contributed by atoms with Crippen molar-refractivity contribution in [2.75, 3.05) is 26.4 Å². The predicted octanol–water partition coefficient (Wildman–Crippen LogP) is 1.24. The van der Waals surface area contributed by atoms with E-state index in [1.54, 1.807) is 4.90 Å². The minimum absolute atomic E-state index is 0.0146. The Morgan fingerprint density at radius 3 is 3.05 bits per heavy atom. The number of ether oxygens (including phenoxy) is 2. The fourth-order valence-electron chi connectivity index (χ4n) is 2.78. The van der Waals surface area contributed by atoms with E-state index < -0.39 is 5.82 Å². The van der Waals surface area contributed by atoms with Gasteiger partial charge in [-0.05, 0) is 18.9 Å². The van der Waals surface area contributed by atoms with Crippen molar-refractivity contribution in [1.82, 2.24) is 9.88 Å². The molecule has 20 heavy (non-hydrogen) atoms. The smallest absolute Gasteiger partial charge is 0.256 e. The molecule has 0 N–H and O–H groups in total. The predicted molar refractivity (Wildman–Crippen MR) is 68.8 cm³/mol. The summed E-state index contributed by atoms with van der Waals surface area (Å²) in [5, 5.41) is 0. The van der Waals surface area contributed by atoms with E-state index in [9.17, 15) is 9.18 Å². The molecule has 0 unspecified atom stereocenters. The number of halogens is 1. The van der Waals surface area contributed by atoms with Gasteiger partial charge in [0.15, 0.2) is 0 Å². The Balaban J connectivity index is 1.80. The molecule has 1 aromatic rings. The standard InChI is InChI=1S/C14H17FN2O3/c15-11-6-10(7-16-8-11)14(18)17-3-5-19-9-12(17)13-2-1-4-20-13/h6-8,12-13H,1-5,9H2/t12-,13+/m1/s1. The first-order chi connectivity index (χ1) is 9.75. The van der Waals surface area contributed by atoms with Crippen LogP contribution in [0.1, 0.15) is 23.2 Å². The van der Waals surface area contributed by atoms with E-state index in [0.717, 1.165) is 25.6 Å². The summed E-state index contributed by atoms with van der Waals surface area (Å²) in [6.45, 7) is 2.20. The summed E-state index contributed by atoms with van der Waals surface area (Å²) in [6, 6.07) is 1.12. The lowest BCUT2D eigenvalue weighted by atomic mass is 10.0. The molecule has 5 nitrogen and oxygen atoms in total. The fourth-order valence-corrected chi connectivity index (χ4v) is 2.78. The Labute approximate surface area is 116 Å². The maximum absolute atomic E-state index is 13.2. The van der Waals surface area contributed by atoms with Crippen molar-refractivity contribution >= 4 is 5.91 Å². The maximum atomic E-state index is 13.2. The summed E-state index contributed by atoms with van der Waals surface area (Å²) in [5.41, 5.74) is 0.273. The number of pyridine rings is 1. The van der Waals surface area contributed by atoms with Crippen LogP contribution in [0.5, 0.6) is 0 Å². The normalized spacial score (nSPS) is 26.8. The molecule has 6 heteroatoms. The lowest BCUT2D eigenvalue weighted by molar-refractivity contribution is -0.0531. The third-order valence-electron chi connectivity index (χ3n) is 3.77. The van der Waals surface area contributed by atoms with Crippen molar-refractivity contribution < 1.29 is 18.7 Å². The summed E-state index contributed by atoms with van der Waals surface area (Å²) in [7, 11) is 0.